The van der Waals surface area contributed by atoms with Gasteiger partial charge < -0.3 is 9.32 Å². The van der Waals surface area contributed by atoms with E-state index in [4.69, 9.17) is 4.42 Å². The Morgan fingerprint density at radius 1 is 0.674 bits per heavy atom. The number of furan rings is 1. The van der Waals surface area contributed by atoms with Crippen LogP contribution in [0.2, 0.25) is 0 Å². The Hall–Kier alpha value is -4.82. The van der Waals surface area contributed by atoms with Crippen LogP contribution in [0.25, 0.3) is 44.2 Å². The third kappa shape index (κ3) is 4.41. The second kappa shape index (κ2) is 10.5. The van der Waals surface area contributed by atoms with Gasteiger partial charge in [-0.15, -0.1) is 0 Å². The van der Waals surface area contributed by atoms with Crippen LogP contribution in [0, 0.1) is 5.92 Å². The summed E-state index contributed by atoms with van der Waals surface area (Å²) in [6.07, 6.45) is 6.61. The number of hydrogen-bond acceptors (Lipinski definition) is 2. The summed E-state index contributed by atoms with van der Waals surface area (Å²) in [5, 5.41) is 2.33. The first-order valence-electron chi connectivity index (χ1n) is 15.3. The molecular formula is C41H37NO. The van der Waals surface area contributed by atoms with Crippen molar-refractivity contribution in [2.75, 3.05) is 4.90 Å². The van der Waals surface area contributed by atoms with Gasteiger partial charge in [-0.2, -0.15) is 0 Å². The van der Waals surface area contributed by atoms with Crippen molar-refractivity contribution in [2.45, 2.75) is 40.0 Å². The quantitative estimate of drug-likeness (QED) is 0.189. The highest BCUT2D eigenvalue weighted by molar-refractivity contribution is 6.14. The van der Waals surface area contributed by atoms with Gasteiger partial charge in [0.2, 0.25) is 0 Å². The van der Waals surface area contributed by atoms with E-state index in [9.17, 15) is 0 Å². The summed E-state index contributed by atoms with van der Waals surface area (Å²) in [7, 11) is 0. The average Bonchev–Trinajstić information content (AvgIpc) is 3.51. The molecule has 0 aliphatic heterocycles. The van der Waals surface area contributed by atoms with Gasteiger partial charge in [0.05, 0.1) is 0 Å². The number of fused-ring (bicyclic) bond motifs is 7. The van der Waals surface area contributed by atoms with Crippen LogP contribution in [0.3, 0.4) is 0 Å². The minimum Gasteiger partial charge on any atom is -0.455 e. The van der Waals surface area contributed by atoms with E-state index in [-0.39, 0.29) is 5.41 Å². The van der Waals surface area contributed by atoms with Crippen molar-refractivity contribution in [3.05, 3.63) is 144 Å². The number of hydrogen-bond donors (Lipinski definition) is 0. The van der Waals surface area contributed by atoms with Crippen LogP contribution in [0.4, 0.5) is 11.4 Å². The zero-order valence-electron chi connectivity index (χ0n) is 25.6. The van der Waals surface area contributed by atoms with Crippen LogP contribution >= 0.6 is 0 Å². The number of allylic oxidation sites excluding steroid dienone is 3. The summed E-state index contributed by atoms with van der Waals surface area (Å²) in [6.45, 7) is 11.1. The molecule has 0 unspecified atom stereocenters. The largest absolute Gasteiger partial charge is 0.455 e. The van der Waals surface area contributed by atoms with E-state index in [0.717, 1.165) is 44.8 Å². The van der Waals surface area contributed by atoms with Crippen LogP contribution < -0.4 is 4.90 Å². The normalized spacial score (nSPS) is 14.1. The van der Waals surface area contributed by atoms with E-state index >= 15 is 0 Å². The molecule has 0 N–H and O–H groups in total. The predicted molar refractivity (Wildman–Crippen MR) is 183 cm³/mol. The lowest BCUT2D eigenvalue weighted by Gasteiger charge is -2.27. The highest BCUT2D eigenvalue weighted by Crippen LogP contribution is 2.52. The zero-order chi connectivity index (χ0) is 29.7. The van der Waals surface area contributed by atoms with E-state index in [1.54, 1.807) is 0 Å². The first-order chi connectivity index (χ1) is 20.9. The molecule has 7 rings (SSSR count). The highest BCUT2D eigenvalue weighted by atomic mass is 16.3. The van der Waals surface area contributed by atoms with E-state index < -0.39 is 0 Å². The number of nitrogens with zero attached hydrogens (tertiary/aromatic N) is 1. The summed E-state index contributed by atoms with van der Waals surface area (Å²) in [5.41, 5.74) is 12.7. The minimum absolute atomic E-state index is 0.0573. The number of para-hydroxylation sites is 2. The maximum atomic E-state index is 6.86. The molecule has 43 heavy (non-hydrogen) atoms. The third-order valence-corrected chi connectivity index (χ3v) is 8.76. The molecule has 2 nitrogen and oxygen atoms in total. The van der Waals surface area contributed by atoms with Crippen molar-refractivity contribution >= 4 is 33.3 Å². The molecule has 6 aromatic rings. The fraction of sp³-hybridized carbons (Fsp3) is 0.171. The third-order valence-electron chi connectivity index (χ3n) is 8.76. The Bertz CT molecular complexity index is 2020. The van der Waals surface area contributed by atoms with Crippen molar-refractivity contribution < 1.29 is 4.42 Å². The van der Waals surface area contributed by atoms with Crippen molar-refractivity contribution in [1.29, 1.82) is 0 Å². The van der Waals surface area contributed by atoms with Gasteiger partial charge in [-0.3, -0.25) is 0 Å². The first kappa shape index (κ1) is 27.0. The molecule has 0 radical (unpaired) electrons. The Morgan fingerprint density at radius 3 is 2.09 bits per heavy atom. The Balaban J connectivity index is 1.36. The zero-order valence-corrected chi connectivity index (χ0v) is 25.6. The van der Waals surface area contributed by atoms with Gasteiger partial charge in [-0.1, -0.05) is 125 Å². The number of anilines is 2. The topological polar surface area (TPSA) is 16.4 Å². The molecule has 1 aliphatic rings. The van der Waals surface area contributed by atoms with Crippen LogP contribution in [0.15, 0.2) is 138 Å². The molecule has 5 aromatic carbocycles. The lowest BCUT2D eigenvalue weighted by atomic mass is 9.82. The monoisotopic (exact) mass is 559 g/mol. The second-order valence-electron chi connectivity index (χ2n) is 12.4. The molecule has 0 saturated heterocycles. The van der Waals surface area contributed by atoms with Gasteiger partial charge >= 0.3 is 0 Å². The molecule has 2 heteroatoms. The van der Waals surface area contributed by atoms with E-state index in [0.29, 0.717) is 5.92 Å². The van der Waals surface area contributed by atoms with Gasteiger partial charge in [0.25, 0.3) is 0 Å². The van der Waals surface area contributed by atoms with E-state index in [1.807, 2.05) is 0 Å². The molecular weight excluding hydrogens is 522 g/mol. The molecule has 1 heterocycles. The van der Waals surface area contributed by atoms with Crippen molar-refractivity contribution in [2.24, 2.45) is 5.92 Å². The standard InChI is InChI=1S/C41H37NO/c1-6-13-31(26-27(2)3)42(29-14-8-7-9-15-29)30-22-20-28(21-23-30)32-17-12-18-33-34-24-25-37-38(40(34)43-39(32)33)35-16-10-11-19-36(35)41(37,4)5/h6-27H,1-5H3/b13-6-,31-26+. The van der Waals surface area contributed by atoms with Gasteiger partial charge in [-0.05, 0) is 65.4 Å². The molecule has 0 atom stereocenters. The smallest absolute Gasteiger partial charge is 0.143 e. The Kier molecular flexibility index (Phi) is 6.58. The van der Waals surface area contributed by atoms with Crippen molar-refractivity contribution in [3.8, 4) is 22.3 Å². The number of rotatable bonds is 6. The van der Waals surface area contributed by atoms with Gasteiger partial charge in [0.15, 0.2) is 0 Å². The molecule has 0 amide bonds. The summed E-state index contributed by atoms with van der Waals surface area (Å²) < 4.78 is 6.86. The van der Waals surface area contributed by atoms with Gasteiger partial charge in [0.1, 0.15) is 11.2 Å². The average molecular weight is 560 g/mol. The SMILES string of the molecule is C/C=C\C(=C/C(C)C)N(c1ccccc1)c1ccc(-c2cccc3c2oc2c4c(ccc23)C(C)(C)c2ccccc2-4)cc1. The van der Waals surface area contributed by atoms with Crippen molar-refractivity contribution in [3.63, 3.8) is 0 Å². The fourth-order valence-corrected chi connectivity index (χ4v) is 6.80. The minimum atomic E-state index is -0.0573. The molecule has 0 fully saturated rings. The fourth-order valence-electron chi connectivity index (χ4n) is 6.80. The van der Waals surface area contributed by atoms with Gasteiger partial charge in [0, 0.05) is 44.4 Å². The maximum absolute atomic E-state index is 6.86. The van der Waals surface area contributed by atoms with Crippen LogP contribution in [0.1, 0.15) is 45.7 Å². The molecule has 1 aliphatic carbocycles. The molecule has 0 bridgehead atoms. The Morgan fingerprint density at radius 2 is 1.35 bits per heavy atom. The predicted octanol–water partition coefficient (Wildman–Crippen LogP) is 11.8. The highest BCUT2D eigenvalue weighted by Gasteiger charge is 2.37. The number of benzene rings is 5. The van der Waals surface area contributed by atoms with Crippen molar-refractivity contribution in [1.82, 2.24) is 0 Å². The van der Waals surface area contributed by atoms with E-state index in [2.05, 4.69) is 167 Å². The summed E-state index contributed by atoms with van der Waals surface area (Å²) in [6, 6.07) is 39.3. The lowest BCUT2D eigenvalue weighted by Crippen LogP contribution is -2.15. The van der Waals surface area contributed by atoms with Crippen LogP contribution in [-0.4, -0.2) is 0 Å². The summed E-state index contributed by atoms with van der Waals surface area (Å²) in [5.74, 6) is 0.418. The molecule has 212 valence electrons. The first-order valence-corrected chi connectivity index (χ1v) is 15.3. The van der Waals surface area contributed by atoms with Gasteiger partial charge in [-0.25, -0.2) is 0 Å². The molecule has 0 spiro atoms. The van der Waals surface area contributed by atoms with Crippen LogP contribution in [0.5, 0.6) is 0 Å². The second-order valence-corrected chi connectivity index (χ2v) is 12.4. The maximum Gasteiger partial charge on any atom is 0.143 e. The molecule has 1 aromatic heterocycles. The lowest BCUT2D eigenvalue weighted by molar-refractivity contribution is 0.653. The summed E-state index contributed by atoms with van der Waals surface area (Å²) >= 11 is 0. The van der Waals surface area contributed by atoms with Crippen LogP contribution in [-0.2, 0) is 5.41 Å². The Labute approximate surface area is 254 Å². The van der Waals surface area contributed by atoms with E-state index in [1.165, 1.54) is 27.6 Å². The summed E-state index contributed by atoms with van der Waals surface area (Å²) in [4.78, 5) is 2.33. The molecule has 0 saturated carbocycles.